The molecule has 1 aromatic rings. The average Bonchev–Trinajstić information content (AvgIpc) is 2.03. The Morgan fingerprint density at radius 1 is 1.23 bits per heavy atom. The molecule has 6 heteroatoms. The number of sulfone groups is 1. The summed E-state index contributed by atoms with van der Waals surface area (Å²) in [5.41, 5.74) is 0.00463. The molecule has 0 aromatic heterocycles. The Morgan fingerprint density at radius 2 is 1.77 bits per heavy atom. The van der Waals surface area contributed by atoms with Crippen LogP contribution >= 0.6 is 0 Å². The number of hydrogen-bond donors (Lipinski definition) is 2. The minimum atomic E-state index is -3.40. The first-order valence-corrected chi connectivity index (χ1v) is 5.47. The van der Waals surface area contributed by atoms with Crippen LogP contribution in [0.3, 0.4) is 0 Å². The van der Waals surface area contributed by atoms with Gasteiger partial charge in [0.05, 0.1) is 4.90 Å². The summed E-state index contributed by atoms with van der Waals surface area (Å²) in [5.74, 6) is 0. The summed E-state index contributed by atoms with van der Waals surface area (Å²) in [7, 11) is -5.16. The molecule has 0 radical (unpaired) electrons. The van der Waals surface area contributed by atoms with Crippen LogP contribution < -0.4 is 5.46 Å². The summed E-state index contributed by atoms with van der Waals surface area (Å²) in [6, 6.07) is 5.77. The van der Waals surface area contributed by atoms with Gasteiger partial charge >= 0.3 is 7.12 Å². The van der Waals surface area contributed by atoms with Gasteiger partial charge in [-0.15, -0.1) is 0 Å². The van der Waals surface area contributed by atoms with Gasteiger partial charge in [-0.05, 0) is 6.07 Å². The van der Waals surface area contributed by atoms with Crippen LogP contribution in [0.25, 0.3) is 0 Å². The normalized spacial score (nSPS) is 11.3. The van der Waals surface area contributed by atoms with E-state index in [1.807, 2.05) is 0 Å². The molecule has 0 atom stereocenters. The molecule has 4 nitrogen and oxygen atoms in total. The third kappa shape index (κ3) is 2.30. The first-order chi connectivity index (χ1) is 5.93. The Labute approximate surface area is 76.9 Å². The van der Waals surface area contributed by atoms with Crippen molar-refractivity contribution in [2.24, 2.45) is 0 Å². The summed E-state index contributed by atoms with van der Waals surface area (Å²) in [4.78, 5) is -0.0509. The van der Waals surface area contributed by atoms with E-state index < -0.39 is 17.0 Å². The summed E-state index contributed by atoms with van der Waals surface area (Å²) < 4.78 is 22.3. The van der Waals surface area contributed by atoms with Crippen LogP contribution in [0, 0.1) is 0 Å². The average molecular weight is 200 g/mol. The molecule has 0 amide bonds. The molecule has 0 unspecified atom stereocenters. The zero-order valence-corrected chi connectivity index (χ0v) is 7.82. The molecule has 0 saturated heterocycles. The zero-order chi connectivity index (χ0) is 10.1. The van der Waals surface area contributed by atoms with Gasteiger partial charge in [0.1, 0.15) is 0 Å². The van der Waals surface area contributed by atoms with Crippen LogP contribution in [0.5, 0.6) is 0 Å². The number of rotatable bonds is 2. The van der Waals surface area contributed by atoms with Crippen LogP contribution in [-0.2, 0) is 9.84 Å². The maximum atomic E-state index is 11.1. The highest BCUT2D eigenvalue weighted by Crippen LogP contribution is 2.04. The van der Waals surface area contributed by atoms with Gasteiger partial charge < -0.3 is 10.0 Å². The molecule has 0 aliphatic rings. The number of hydrogen-bond acceptors (Lipinski definition) is 4. The molecular formula is C7H9BO4S. The van der Waals surface area contributed by atoms with Crippen molar-refractivity contribution in [3.63, 3.8) is 0 Å². The van der Waals surface area contributed by atoms with Crippen molar-refractivity contribution in [2.75, 3.05) is 6.26 Å². The predicted molar refractivity (Wildman–Crippen MR) is 49.4 cm³/mol. The minimum Gasteiger partial charge on any atom is -0.423 e. The SMILES string of the molecule is CS(=O)(=O)c1ccccc1B(O)O. The molecule has 0 aliphatic heterocycles. The first-order valence-electron chi connectivity index (χ1n) is 3.58. The van der Waals surface area contributed by atoms with Gasteiger partial charge in [-0.1, -0.05) is 18.2 Å². The Bertz CT molecular complexity index is 399. The van der Waals surface area contributed by atoms with Gasteiger partial charge in [0.25, 0.3) is 0 Å². The van der Waals surface area contributed by atoms with Crippen molar-refractivity contribution in [1.82, 2.24) is 0 Å². The number of benzene rings is 1. The van der Waals surface area contributed by atoms with E-state index in [1.165, 1.54) is 18.2 Å². The summed E-state index contributed by atoms with van der Waals surface area (Å²) >= 11 is 0. The second-order valence-corrected chi connectivity index (χ2v) is 4.67. The van der Waals surface area contributed by atoms with E-state index in [9.17, 15) is 8.42 Å². The molecule has 0 bridgehead atoms. The van der Waals surface area contributed by atoms with Gasteiger partial charge in [0.2, 0.25) is 0 Å². The van der Waals surface area contributed by atoms with E-state index in [4.69, 9.17) is 10.0 Å². The van der Waals surface area contributed by atoms with E-state index in [-0.39, 0.29) is 10.4 Å². The Hall–Kier alpha value is -0.845. The van der Waals surface area contributed by atoms with E-state index in [1.54, 1.807) is 6.07 Å². The van der Waals surface area contributed by atoms with Gasteiger partial charge in [0, 0.05) is 11.7 Å². The fraction of sp³-hybridized carbons (Fsp3) is 0.143. The molecule has 13 heavy (non-hydrogen) atoms. The van der Waals surface area contributed by atoms with Crippen molar-refractivity contribution < 1.29 is 18.5 Å². The minimum absolute atomic E-state index is 0.00463. The first kappa shape index (κ1) is 10.2. The molecule has 2 N–H and O–H groups in total. The van der Waals surface area contributed by atoms with Gasteiger partial charge in [0.15, 0.2) is 9.84 Å². The molecule has 0 aliphatic carbocycles. The molecule has 1 aromatic carbocycles. The third-order valence-corrected chi connectivity index (χ3v) is 2.77. The second kappa shape index (κ2) is 3.49. The van der Waals surface area contributed by atoms with Crippen LogP contribution in [0.1, 0.15) is 0 Å². The standard InChI is InChI=1S/C7H9BO4S/c1-13(11,12)7-5-3-2-4-6(7)8(9)10/h2-5,9-10H,1H3. The monoisotopic (exact) mass is 200 g/mol. The van der Waals surface area contributed by atoms with Crippen LogP contribution in [0.15, 0.2) is 29.2 Å². The largest absolute Gasteiger partial charge is 0.489 e. The summed E-state index contributed by atoms with van der Waals surface area (Å²) in [5, 5.41) is 17.7. The lowest BCUT2D eigenvalue weighted by molar-refractivity contribution is 0.424. The second-order valence-electron chi connectivity index (χ2n) is 2.68. The predicted octanol–water partition coefficient (Wildman–Crippen LogP) is -1.23. The van der Waals surface area contributed by atoms with Crippen molar-refractivity contribution >= 4 is 22.4 Å². The van der Waals surface area contributed by atoms with Crippen LogP contribution in [0.4, 0.5) is 0 Å². The van der Waals surface area contributed by atoms with Gasteiger partial charge in [-0.25, -0.2) is 8.42 Å². The molecule has 70 valence electrons. The Balaban J connectivity index is 3.37. The molecular weight excluding hydrogens is 191 g/mol. The van der Waals surface area contributed by atoms with Crippen LogP contribution in [-0.4, -0.2) is 31.8 Å². The smallest absolute Gasteiger partial charge is 0.423 e. The van der Waals surface area contributed by atoms with E-state index in [0.717, 1.165) is 6.26 Å². The molecule has 0 saturated carbocycles. The lowest BCUT2D eigenvalue weighted by Crippen LogP contribution is -2.33. The van der Waals surface area contributed by atoms with Crippen molar-refractivity contribution in [1.29, 1.82) is 0 Å². The van der Waals surface area contributed by atoms with Crippen molar-refractivity contribution in [3.8, 4) is 0 Å². The van der Waals surface area contributed by atoms with Gasteiger partial charge in [-0.3, -0.25) is 0 Å². The van der Waals surface area contributed by atoms with Gasteiger partial charge in [-0.2, -0.15) is 0 Å². The highest BCUT2D eigenvalue weighted by molar-refractivity contribution is 7.91. The van der Waals surface area contributed by atoms with Crippen molar-refractivity contribution in [3.05, 3.63) is 24.3 Å². The topological polar surface area (TPSA) is 74.6 Å². The molecule has 0 heterocycles. The summed E-state index contributed by atoms with van der Waals surface area (Å²) in [6.07, 6.45) is 1.02. The van der Waals surface area contributed by atoms with E-state index in [0.29, 0.717) is 0 Å². The summed E-state index contributed by atoms with van der Waals surface area (Å²) in [6.45, 7) is 0. The molecule has 1 rings (SSSR count). The molecule has 0 spiro atoms. The quantitative estimate of drug-likeness (QED) is 0.586. The third-order valence-electron chi connectivity index (χ3n) is 1.60. The van der Waals surface area contributed by atoms with E-state index in [2.05, 4.69) is 0 Å². The maximum absolute atomic E-state index is 11.1. The highest BCUT2D eigenvalue weighted by atomic mass is 32.2. The Morgan fingerprint density at radius 3 is 2.15 bits per heavy atom. The fourth-order valence-electron chi connectivity index (χ4n) is 1.03. The van der Waals surface area contributed by atoms with Crippen molar-refractivity contribution in [2.45, 2.75) is 4.90 Å². The van der Waals surface area contributed by atoms with Crippen LogP contribution in [0.2, 0.25) is 0 Å². The highest BCUT2D eigenvalue weighted by Gasteiger charge is 2.20. The lowest BCUT2D eigenvalue weighted by Gasteiger charge is -2.05. The lowest BCUT2D eigenvalue weighted by atomic mass is 9.80. The Kier molecular flexibility index (Phi) is 2.75. The zero-order valence-electron chi connectivity index (χ0n) is 7.01. The fourth-order valence-corrected chi connectivity index (χ4v) is 1.96. The molecule has 0 fully saturated rings. The van der Waals surface area contributed by atoms with E-state index >= 15 is 0 Å². The maximum Gasteiger partial charge on any atom is 0.489 e.